The van der Waals surface area contributed by atoms with Gasteiger partial charge in [0, 0.05) is 39.3 Å². The van der Waals surface area contributed by atoms with Crippen molar-refractivity contribution in [2.24, 2.45) is 0 Å². The van der Waals surface area contributed by atoms with E-state index in [9.17, 15) is 0 Å². The molecule has 1 aliphatic carbocycles. The number of ether oxygens (including phenoxy) is 1. The number of piperazine rings is 1. The lowest BCUT2D eigenvalue weighted by molar-refractivity contribution is 0.134. The summed E-state index contributed by atoms with van der Waals surface area (Å²) in [6.45, 7) is 7.09. The minimum Gasteiger partial charge on any atom is -0.490 e. The van der Waals surface area contributed by atoms with Crippen LogP contribution in [-0.2, 0) is 12.8 Å². The minimum atomic E-state index is 0.444. The van der Waals surface area contributed by atoms with Crippen molar-refractivity contribution in [3.8, 4) is 5.75 Å². The van der Waals surface area contributed by atoms with Gasteiger partial charge in [0.2, 0.25) is 0 Å². The van der Waals surface area contributed by atoms with Crippen LogP contribution in [0.1, 0.15) is 36.8 Å². The summed E-state index contributed by atoms with van der Waals surface area (Å²) in [5.41, 5.74) is 2.85. The molecule has 2 fully saturated rings. The molecule has 1 saturated heterocycles. The van der Waals surface area contributed by atoms with Crippen molar-refractivity contribution in [2.45, 2.75) is 44.6 Å². The molecular formula is C25H34N2O. The predicted octanol–water partition coefficient (Wildman–Crippen LogP) is 4.41. The molecule has 3 heteroatoms. The van der Waals surface area contributed by atoms with Crippen LogP contribution in [0.25, 0.3) is 0 Å². The van der Waals surface area contributed by atoms with E-state index in [0.717, 1.165) is 25.1 Å². The van der Waals surface area contributed by atoms with Gasteiger partial charge in [-0.1, -0.05) is 42.5 Å². The van der Waals surface area contributed by atoms with Crippen LogP contribution >= 0.6 is 0 Å². The molecule has 1 heterocycles. The first-order valence-corrected chi connectivity index (χ1v) is 11.1. The molecule has 2 aromatic carbocycles. The molecule has 0 aromatic heterocycles. The summed E-state index contributed by atoms with van der Waals surface area (Å²) in [5.74, 6) is 1.06. The maximum atomic E-state index is 6.16. The van der Waals surface area contributed by atoms with E-state index >= 15 is 0 Å². The Kier molecular flexibility index (Phi) is 7.01. The Morgan fingerprint density at radius 3 is 2.00 bits per heavy atom. The van der Waals surface area contributed by atoms with E-state index in [1.807, 2.05) is 0 Å². The number of rotatable bonds is 8. The number of hydrogen-bond acceptors (Lipinski definition) is 3. The summed E-state index contributed by atoms with van der Waals surface area (Å²) >= 11 is 0. The molecule has 1 saturated carbocycles. The third kappa shape index (κ3) is 5.83. The first-order valence-electron chi connectivity index (χ1n) is 11.1. The van der Waals surface area contributed by atoms with E-state index in [1.165, 1.54) is 69.5 Å². The zero-order valence-electron chi connectivity index (χ0n) is 17.1. The molecule has 0 unspecified atom stereocenters. The summed E-state index contributed by atoms with van der Waals surface area (Å²) in [7, 11) is 0. The second kappa shape index (κ2) is 10.1. The van der Waals surface area contributed by atoms with E-state index in [1.54, 1.807) is 0 Å². The van der Waals surface area contributed by atoms with Crippen LogP contribution in [0.4, 0.5) is 0 Å². The van der Waals surface area contributed by atoms with Crippen LogP contribution < -0.4 is 4.74 Å². The van der Waals surface area contributed by atoms with Crippen molar-refractivity contribution in [3.05, 3.63) is 65.7 Å². The van der Waals surface area contributed by atoms with Crippen LogP contribution in [0.5, 0.6) is 5.75 Å². The standard InChI is InChI=1S/C25H34N2O/c1-2-7-22(8-3-1)13-15-26-17-19-27(20-18-26)16-14-23-9-6-12-25(21-23)28-24-10-4-5-11-24/h1-3,6-9,12,21,24H,4-5,10-11,13-20H2. The molecule has 2 aromatic rings. The third-order valence-corrected chi connectivity index (χ3v) is 6.24. The lowest BCUT2D eigenvalue weighted by Crippen LogP contribution is -2.47. The highest BCUT2D eigenvalue weighted by atomic mass is 16.5. The van der Waals surface area contributed by atoms with Gasteiger partial charge in [-0.2, -0.15) is 0 Å². The molecule has 2 aliphatic rings. The lowest BCUT2D eigenvalue weighted by Gasteiger charge is -2.34. The maximum Gasteiger partial charge on any atom is 0.119 e. The van der Waals surface area contributed by atoms with Crippen molar-refractivity contribution < 1.29 is 4.74 Å². The molecule has 0 radical (unpaired) electrons. The van der Waals surface area contributed by atoms with Gasteiger partial charge in [0.15, 0.2) is 0 Å². The smallest absolute Gasteiger partial charge is 0.119 e. The Balaban J connectivity index is 1.17. The average Bonchev–Trinajstić information content (AvgIpc) is 3.26. The largest absolute Gasteiger partial charge is 0.490 e. The van der Waals surface area contributed by atoms with Gasteiger partial charge in [-0.25, -0.2) is 0 Å². The summed E-state index contributed by atoms with van der Waals surface area (Å²) in [4.78, 5) is 5.23. The molecule has 0 spiro atoms. The van der Waals surface area contributed by atoms with E-state index in [0.29, 0.717) is 6.10 Å². The molecule has 28 heavy (non-hydrogen) atoms. The van der Waals surface area contributed by atoms with Crippen molar-refractivity contribution in [1.29, 1.82) is 0 Å². The molecule has 150 valence electrons. The zero-order valence-corrected chi connectivity index (χ0v) is 17.1. The molecule has 0 N–H and O–H groups in total. The van der Waals surface area contributed by atoms with Crippen LogP contribution in [0.2, 0.25) is 0 Å². The molecule has 0 atom stereocenters. The van der Waals surface area contributed by atoms with Gasteiger partial charge in [-0.15, -0.1) is 0 Å². The van der Waals surface area contributed by atoms with E-state index in [4.69, 9.17) is 4.74 Å². The number of nitrogens with zero attached hydrogens (tertiary/aromatic N) is 2. The molecule has 4 rings (SSSR count). The molecule has 1 aliphatic heterocycles. The quantitative estimate of drug-likeness (QED) is 0.677. The van der Waals surface area contributed by atoms with Crippen molar-refractivity contribution in [3.63, 3.8) is 0 Å². The first-order chi connectivity index (χ1) is 13.8. The van der Waals surface area contributed by atoms with Gasteiger partial charge in [0.1, 0.15) is 5.75 Å². The summed E-state index contributed by atoms with van der Waals surface area (Å²) < 4.78 is 6.16. The van der Waals surface area contributed by atoms with Crippen LogP contribution in [-0.4, -0.2) is 55.2 Å². The number of benzene rings is 2. The fourth-order valence-corrected chi connectivity index (χ4v) is 4.43. The minimum absolute atomic E-state index is 0.444. The lowest BCUT2D eigenvalue weighted by atomic mass is 10.1. The normalized spacial score (nSPS) is 19.1. The van der Waals surface area contributed by atoms with Gasteiger partial charge >= 0.3 is 0 Å². The highest BCUT2D eigenvalue weighted by Crippen LogP contribution is 2.24. The zero-order chi connectivity index (χ0) is 19.0. The van der Waals surface area contributed by atoms with Crippen LogP contribution in [0.3, 0.4) is 0 Å². The van der Waals surface area contributed by atoms with Gasteiger partial charge in [0.25, 0.3) is 0 Å². The summed E-state index contributed by atoms with van der Waals surface area (Å²) in [6.07, 6.45) is 7.81. The van der Waals surface area contributed by atoms with Crippen molar-refractivity contribution in [2.75, 3.05) is 39.3 Å². The predicted molar refractivity (Wildman–Crippen MR) is 116 cm³/mol. The van der Waals surface area contributed by atoms with E-state index in [-0.39, 0.29) is 0 Å². The molecule has 0 amide bonds. The second-order valence-corrected chi connectivity index (χ2v) is 8.34. The van der Waals surface area contributed by atoms with Gasteiger partial charge in [-0.05, 0) is 61.8 Å². The topological polar surface area (TPSA) is 15.7 Å². The Hall–Kier alpha value is -1.84. The van der Waals surface area contributed by atoms with Gasteiger partial charge in [-0.3, -0.25) is 0 Å². The molecule has 0 bridgehead atoms. The van der Waals surface area contributed by atoms with Crippen LogP contribution in [0.15, 0.2) is 54.6 Å². The van der Waals surface area contributed by atoms with Gasteiger partial charge < -0.3 is 14.5 Å². The monoisotopic (exact) mass is 378 g/mol. The highest BCUT2D eigenvalue weighted by molar-refractivity contribution is 5.29. The maximum absolute atomic E-state index is 6.16. The molecule has 3 nitrogen and oxygen atoms in total. The molecular weight excluding hydrogens is 344 g/mol. The van der Waals surface area contributed by atoms with Crippen molar-refractivity contribution >= 4 is 0 Å². The van der Waals surface area contributed by atoms with Gasteiger partial charge in [0.05, 0.1) is 6.10 Å². The fraction of sp³-hybridized carbons (Fsp3) is 0.520. The Morgan fingerprint density at radius 1 is 0.714 bits per heavy atom. The third-order valence-electron chi connectivity index (χ3n) is 6.24. The Morgan fingerprint density at radius 2 is 1.32 bits per heavy atom. The van der Waals surface area contributed by atoms with Crippen LogP contribution in [0, 0.1) is 0 Å². The first kappa shape index (κ1) is 19.5. The summed E-state index contributed by atoms with van der Waals surface area (Å²) in [5, 5.41) is 0. The highest BCUT2D eigenvalue weighted by Gasteiger charge is 2.18. The Bertz CT molecular complexity index is 703. The average molecular weight is 379 g/mol. The SMILES string of the molecule is c1ccc(CCN2CCN(CCc3cccc(OC4CCCC4)c3)CC2)cc1. The number of hydrogen-bond donors (Lipinski definition) is 0. The van der Waals surface area contributed by atoms with E-state index in [2.05, 4.69) is 64.4 Å². The van der Waals surface area contributed by atoms with Crippen molar-refractivity contribution in [1.82, 2.24) is 9.80 Å². The van der Waals surface area contributed by atoms with E-state index < -0.39 is 0 Å². The fourth-order valence-electron chi connectivity index (χ4n) is 4.43. The second-order valence-electron chi connectivity index (χ2n) is 8.34. The summed E-state index contributed by atoms with van der Waals surface area (Å²) in [6, 6.07) is 19.6. The Labute approximate surface area is 170 Å².